The van der Waals surface area contributed by atoms with Gasteiger partial charge < -0.3 is 14.6 Å². The molecule has 3 aromatic rings. The second-order valence-corrected chi connectivity index (χ2v) is 9.22. The van der Waals surface area contributed by atoms with Crippen LogP contribution in [0.1, 0.15) is 36.0 Å². The average Bonchev–Trinajstić information content (AvgIpc) is 2.86. The van der Waals surface area contributed by atoms with E-state index in [4.69, 9.17) is 9.47 Å². The first-order chi connectivity index (χ1) is 17.3. The van der Waals surface area contributed by atoms with Gasteiger partial charge in [0.15, 0.2) is 5.78 Å². The molecule has 3 aromatic carbocycles. The minimum Gasteiger partial charge on any atom is -0.461 e. The molecule has 4 rings (SSSR count). The van der Waals surface area contributed by atoms with Crippen molar-refractivity contribution in [1.29, 1.82) is 0 Å². The number of hydrogen-bond donors (Lipinski definition) is 1. The molecule has 0 bridgehead atoms. The molecular formula is C29H27FO6. The largest absolute Gasteiger partial charge is 0.461 e. The third kappa shape index (κ3) is 5.69. The molecule has 0 saturated heterocycles. The van der Waals surface area contributed by atoms with Gasteiger partial charge in [0, 0.05) is 12.3 Å². The number of hydrogen-bond acceptors (Lipinski definition) is 6. The first kappa shape index (κ1) is 25.3. The maximum Gasteiger partial charge on any atom is 0.317 e. The van der Waals surface area contributed by atoms with Crippen LogP contribution in [0, 0.1) is 17.7 Å². The molecule has 7 heteroatoms. The lowest BCUT2D eigenvalue weighted by atomic mass is 9.61. The number of rotatable bonds is 7. The summed E-state index contributed by atoms with van der Waals surface area (Å²) in [6, 6.07) is 23.3. The second-order valence-electron chi connectivity index (χ2n) is 9.22. The van der Waals surface area contributed by atoms with E-state index in [-0.39, 0.29) is 18.8 Å². The lowest BCUT2D eigenvalue weighted by Crippen LogP contribution is -2.55. The number of ether oxygens (including phenoxy) is 2. The van der Waals surface area contributed by atoms with Gasteiger partial charge >= 0.3 is 11.9 Å². The highest BCUT2D eigenvalue weighted by molar-refractivity contribution is 6.02. The molecule has 1 saturated carbocycles. The molecule has 0 aliphatic heterocycles. The fraction of sp³-hybridized carbons (Fsp3) is 0.276. The Hall–Kier alpha value is -3.84. The Labute approximate surface area is 208 Å². The zero-order valence-corrected chi connectivity index (χ0v) is 19.8. The van der Waals surface area contributed by atoms with Crippen molar-refractivity contribution >= 4 is 17.7 Å². The number of benzene rings is 3. The van der Waals surface area contributed by atoms with E-state index >= 15 is 0 Å². The number of aliphatic hydroxyl groups is 1. The number of carbonyl (C=O) groups is 3. The van der Waals surface area contributed by atoms with Crippen molar-refractivity contribution in [1.82, 2.24) is 0 Å². The summed E-state index contributed by atoms with van der Waals surface area (Å²) in [6.07, 6.45) is -0.449. The number of halogens is 1. The monoisotopic (exact) mass is 490 g/mol. The van der Waals surface area contributed by atoms with Gasteiger partial charge in [-0.15, -0.1) is 0 Å². The maximum atomic E-state index is 14.2. The van der Waals surface area contributed by atoms with E-state index in [1.807, 2.05) is 12.1 Å². The molecule has 0 amide bonds. The Morgan fingerprint density at radius 1 is 0.889 bits per heavy atom. The molecule has 0 radical (unpaired) electrons. The zero-order chi connectivity index (χ0) is 25.7. The summed E-state index contributed by atoms with van der Waals surface area (Å²) in [5.41, 5.74) is -0.134. The van der Waals surface area contributed by atoms with E-state index in [0.29, 0.717) is 0 Å². The van der Waals surface area contributed by atoms with Crippen molar-refractivity contribution in [3.63, 3.8) is 0 Å². The molecule has 4 atom stereocenters. The molecule has 0 spiro atoms. The number of carbonyl (C=O) groups excluding carboxylic acids is 3. The van der Waals surface area contributed by atoms with Crippen molar-refractivity contribution in [3.05, 3.63) is 107 Å². The van der Waals surface area contributed by atoms with Gasteiger partial charge in [-0.05, 0) is 35.7 Å². The van der Waals surface area contributed by atoms with Crippen molar-refractivity contribution in [2.24, 2.45) is 11.8 Å². The van der Waals surface area contributed by atoms with Crippen LogP contribution in [0.3, 0.4) is 0 Å². The third-order valence-corrected chi connectivity index (χ3v) is 6.46. The van der Waals surface area contributed by atoms with Gasteiger partial charge in [-0.1, -0.05) is 72.8 Å². The Morgan fingerprint density at radius 3 is 2.00 bits per heavy atom. The van der Waals surface area contributed by atoms with Gasteiger partial charge in [0.05, 0.1) is 11.5 Å². The second kappa shape index (κ2) is 10.8. The summed E-state index contributed by atoms with van der Waals surface area (Å²) in [7, 11) is 0. The number of Topliss-reactive ketones (excluding diaryl/α,β-unsaturated/α-hetero) is 1. The van der Waals surface area contributed by atoms with E-state index in [1.54, 1.807) is 48.5 Å². The fourth-order valence-corrected chi connectivity index (χ4v) is 4.77. The van der Waals surface area contributed by atoms with Crippen LogP contribution < -0.4 is 0 Å². The summed E-state index contributed by atoms with van der Waals surface area (Å²) in [4.78, 5) is 39.8. The predicted octanol–water partition coefficient (Wildman–Crippen LogP) is 4.35. The summed E-state index contributed by atoms with van der Waals surface area (Å²) in [6.45, 7) is 1.23. The molecule has 0 aromatic heterocycles. The lowest BCUT2D eigenvalue weighted by Gasteiger charge is -2.43. The van der Waals surface area contributed by atoms with Crippen LogP contribution in [0.15, 0.2) is 84.9 Å². The van der Waals surface area contributed by atoms with Crippen molar-refractivity contribution in [2.45, 2.75) is 38.1 Å². The van der Waals surface area contributed by atoms with Crippen LogP contribution in [0.5, 0.6) is 0 Å². The number of ketones is 1. The minimum atomic E-state index is -1.82. The SMILES string of the molecule is CC1(O)CC(=O)C(C(=O)OCc2ccccc2)C(c2cccc(F)c2)C1C(=O)OCc1ccccc1. The van der Waals surface area contributed by atoms with Gasteiger partial charge in [0.2, 0.25) is 0 Å². The maximum absolute atomic E-state index is 14.2. The summed E-state index contributed by atoms with van der Waals surface area (Å²) in [5, 5.41) is 11.2. The fourth-order valence-electron chi connectivity index (χ4n) is 4.77. The van der Waals surface area contributed by atoms with Crippen LogP contribution in [-0.2, 0) is 37.1 Å². The topological polar surface area (TPSA) is 89.9 Å². The highest BCUT2D eigenvalue weighted by atomic mass is 19.1. The molecular weight excluding hydrogens is 463 g/mol. The van der Waals surface area contributed by atoms with E-state index in [0.717, 1.165) is 17.2 Å². The van der Waals surface area contributed by atoms with Crippen LogP contribution in [-0.4, -0.2) is 28.4 Å². The minimum absolute atomic E-state index is 0.0564. The molecule has 1 aliphatic rings. The zero-order valence-electron chi connectivity index (χ0n) is 19.8. The molecule has 1 aliphatic carbocycles. The van der Waals surface area contributed by atoms with E-state index < -0.39 is 53.3 Å². The van der Waals surface area contributed by atoms with Crippen molar-refractivity contribution in [3.8, 4) is 0 Å². The van der Waals surface area contributed by atoms with Crippen LogP contribution >= 0.6 is 0 Å². The van der Waals surface area contributed by atoms with Gasteiger partial charge in [-0.3, -0.25) is 14.4 Å². The molecule has 186 valence electrons. The van der Waals surface area contributed by atoms with Crippen LogP contribution in [0.4, 0.5) is 4.39 Å². The van der Waals surface area contributed by atoms with Crippen LogP contribution in [0.2, 0.25) is 0 Å². The molecule has 1 fully saturated rings. The van der Waals surface area contributed by atoms with Gasteiger partial charge in [-0.25, -0.2) is 4.39 Å². The average molecular weight is 491 g/mol. The molecule has 6 nitrogen and oxygen atoms in total. The normalized spacial score (nSPS) is 23.6. The molecule has 0 heterocycles. The third-order valence-electron chi connectivity index (χ3n) is 6.46. The Bertz CT molecular complexity index is 1220. The highest BCUT2D eigenvalue weighted by Gasteiger charge is 2.57. The Balaban J connectivity index is 1.66. The van der Waals surface area contributed by atoms with Gasteiger partial charge in [-0.2, -0.15) is 0 Å². The molecule has 1 N–H and O–H groups in total. The van der Waals surface area contributed by atoms with Crippen molar-refractivity contribution in [2.75, 3.05) is 0 Å². The van der Waals surface area contributed by atoms with E-state index in [9.17, 15) is 23.9 Å². The quantitative estimate of drug-likeness (QED) is 0.391. The smallest absolute Gasteiger partial charge is 0.317 e. The Morgan fingerprint density at radius 2 is 1.44 bits per heavy atom. The molecule has 36 heavy (non-hydrogen) atoms. The number of esters is 2. The Kier molecular flexibility index (Phi) is 7.60. The van der Waals surface area contributed by atoms with E-state index in [2.05, 4.69) is 0 Å². The lowest BCUT2D eigenvalue weighted by molar-refractivity contribution is -0.174. The standard InChI is InChI=1S/C29H27FO6/c1-29(34)16-23(31)25(27(32)35-17-19-9-4-2-5-10-19)24(21-13-8-14-22(30)15-21)26(29)28(33)36-18-20-11-6-3-7-12-20/h2-15,24-26,34H,16-18H2,1H3. The predicted molar refractivity (Wildman–Crippen MR) is 129 cm³/mol. The summed E-state index contributed by atoms with van der Waals surface area (Å²) < 4.78 is 25.2. The van der Waals surface area contributed by atoms with Gasteiger partial charge in [0.25, 0.3) is 0 Å². The van der Waals surface area contributed by atoms with Crippen LogP contribution in [0.25, 0.3) is 0 Å². The van der Waals surface area contributed by atoms with E-state index in [1.165, 1.54) is 25.1 Å². The van der Waals surface area contributed by atoms with Gasteiger partial charge in [0.1, 0.15) is 24.9 Å². The molecule has 4 unspecified atom stereocenters. The van der Waals surface area contributed by atoms with Crippen molar-refractivity contribution < 1.29 is 33.4 Å². The first-order valence-electron chi connectivity index (χ1n) is 11.7. The first-order valence-corrected chi connectivity index (χ1v) is 11.7. The summed E-state index contributed by atoms with van der Waals surface area (Å²) in [5.74, 6) is -6.71. The summed E-state index contributed by atoms with van der Waals surface area (Å²) >= 11 is 0. The highest BCUT2D eigenvalue weighted by Crippen LogP contribution is 2.47.